The smallest absolute Gasteiger partial charge is 0.320 e. The van der Waals surface area contributed by atoms with Crippen molar-refractivity contribution in [3.8, 4) is 0 Å². The first-order chi connectivity index (χ1) is 7.68. The van der Waals surface area contributed by atoms with Crippen LogP contribution >= 0.6 is 0 Å². The summed E-state index contributed by atoms with van der Waals surface area (Å²) in [7, 11) is 0. The van der Waals surface area contributed by atoms with Crippen LogP contribution in [0.5, 0.6) is 0 Å². The lowest BCUT2D eigenvalue weighted by molar-refractivity contribution is 0.123. The number of aliphatic hydroxyl groups excluding tert-OH is 1. The highest BCUT2D eigenvalue weighted by atomic mass is 16.3. The Morgan fingerprint density at radius 1 is 1.31 bits per heavy atom. The van der Waals surface area contributed by atoms with Crippen LogP contribution in [0.15, 0.2) is 0 Å². The van der Waals surface area contributed by atoms with Gasteiger partial charge in [0.2, 0.25) is 0 Å². The Labute approximate surface area is 97.2 Å². The van der Waals surface area contributed by atoms with Gasteiger partial charge in [-0.25, -0.2) is 4.79 Å². The highest BCUT2D eigenvalue weighted by Crippen LogP contribution is 2.24. The Morgan fingerprint density at radius 3 is 2.62 bits per heavy atom. The first-order valence-electron chi connectivity index (χ1n) is 6.42. The Morgan fingerprint density at radius 2 is 2.00 bits per heavy atom. The van der Waals surface area contributed by atoms with Gasteiger partial charge in [0.1, 0.15) is 0 Å². The molecule has 0 spiro atoms. The summed E-state index contributed by atoms with van der Waals surface area (Å²) in [5, 5.41) is 9.43. The van der Waals surface area contributed by atoms with Crippen LogP contribution in [-0.2, 0) is 0 Å². The summed E-state index contributed by atoms with van der Waals surface area (Å²) in [5.41, 5.74) is 0. The fourth-order valence-electron chi connectivity index (χ4n) is 2.82. The maximum absolute atomic E-state index is 12.2. The fraction of sp³-hybridized carbons (Fsp3) is 0.917. The van der Waals surface area contributed by atoms with E-state index in [1.807, 2.05) is 9.80 Å². The molecule has 16 heavy (non-hydrogen) atoms. The predicted molar refractivity (Wildman–Crippen MR) is 62.2 cm³/mol. The van der Waals surface area contributed by atoms with Crippen LogP contribution < -0.4 is 0 Å². The van der Waals surface area contributed by atoms with E-state index in [1.54, 1.807) is 6.92 Å². The Balaban J connectivity index is 1.93. The average molecular weight is 226 g/mol. The minimum Gasteiger partial charge on any atom is -0.393 e. The van der Waals surface area contributed by atoms with Crippen molar-refractivity contribution < 1.29 is 9.90 Å². The topological polar surface area (TPSA) is 43.8 Å². The standard InChI is InChI=1S/C12H22N2O2/c1-10(15)9-11-5-4-8-14(11)12(16)13-6-2-3-7-13/h10-11,15H,2-9H2,1H3. The molecule has 1 N–H and O–H groups in total. The van der Waals surface area contributed by atoms with Crippen molar-refractivity contribution in [2.75, 3.05) is 19.6 Å². The summed E-state index contributed by atoms with van der Waals surface area (Å²) < 4.78 is 0. The second-order valence-electron chi connectivity index (χ2n) is 5.05. The van der Waals surface area contributed by atoms with E-state index >= 15 is 0 Å². The summed E-state index contributed by atoms with van der Waals surface area (Å²) in [6, 6.07) is 0.453. The molecule has 0 aromatic carbocycles. The molecule has 92 valence electrons. The van der Waals surface area contributed by atoms with E-state index in [0.29, 0.717) is 0 Å². The molecule has 0 bridgehead atoms. The molecule has 2 saturated heterocycles. The largest absolute Gasteiger partial charge is 0.393 e. The number of rotatable bonds is 2. The molecule has 2 heterocycles. The molecule has 4 heteroatoms. The highest BCUT2D eigenvalue weighted by Gasteiger charge is 2.32. The van der Waals surface area contributed by atoms with Gasteiger partial charge in [-0.2, -0.15) is 0 Å². The maximum atomic E-state index is 12.2. The van der Waals surface area contributed by atoms with Gasteiger partial charge in [-0.15, -0.1) is 0 Å². The molecule has 2 fully saturated rings. The van der Waals surface area contributed by atoms with E-state index in [1.165, 1.54) is 0 Å². The van der Waals surface area contributed by atoms with Crippen LogP contribution in [0.3, 0.4) is 0 Å². The third-order valence-electron chi connectivity index (χ3n) is 3.61. The lowest BCUT2D eigenvalue weighted by Gasteiger charge is -2.30. The van der Waals surface area contributed by atoms with Crippen molar-refractivity contribution in [3.05, 3.63) is 0 Å². The molecule has 2 aliphatic heterocycles. The number of aliphatic hydroxyl groups is 1. The molecular weight excluding hydrogens is 204 g/mol. The molecule has 0 aromatic rings. The van der Waals surface area contributed by atoms with Crippen molar-refractivity contribution in [1.82, 2.24) is 9.80 Å². The van der Waals surface area contributed by atoms with E-state index in [-0.39, 0.29) is 18.2 Å². The van der Waals surface area contributed by atoms with Crippen molar-refractivity contribution in [3.63, 3.8) is 0 Å². The van der Waals surface area contributed by atoms with E-state index in [4.69, 9.17) is 0 Å². The van der Waals surface area contributed by atoms with Gasteiger partial charge in [-0.1, -0.05) is 0 Å². The number of carbonyl (C=O) groups excluding carboxylic acids is 1. The number of likely N-dealkylation sites (tertiary alicyclic amines) is 2. The van der Waals surface area contributed by atoms with Gasteiger partial charge in [-0.05, 0) is 39.0 Å². The highest BCUT2D eigenvalue weighted by molar-refractivity contribution is 5.75. The maximum Gasteiger partial charge on any atom is 0.320 e. The van der Waals surface area contributed by atoms with E-state index < -0.39 is 0 Å². The molecule has 0 aliphatic carbocycles. The molecule has 2 rings (SSSR count). The fourth-order valence-corrected chi connectivity index (χ4v) is 2.82. The Hall–Kier alpha value is -0.770. The second kappa shape index (κ2) is 5.04. The molecular formula is C12H22N2O2. The number of hydrogen-bond acceptors (Lipinski definition) is 2. The van der Waals surface area contributed by atoms with Gasteiger partial charge in [0.15, 0.2) is 0 Å². The zero-order chi connectivity index (χ0) is 11.5. The minimum atomic E-state index is -0.308. The van der Waals surface area contributed by atoms with Crippen LogP contribution in [0.2, 0.25) is 0 Å². The van der Waals surface area contributed by atoms with E-state index in [9.17, 15) is 9.90 Å². The van der Waals surface area contributed by atoms with Crippen LogP contribution in [-0.4, -0.2) is 52.7 Å². The van der Waals surface area contributed by atoms with Gasteiger partial charge in [0.25, 0.3) is 0 Å². The second-order valence-corrected chi connectivity index (χ2v) is 5.05. The van der Waals surface area contributed by atoms with Gasteiger partial charge in [0.05, 0.1) is 6.10 Å². The average Bonchev–Trinajstić information content (AvgIpc) is 2.84. The zero-order valence-corrected chi connectivity index (χ0v) is 10.1. The summed E-state index contributed by atoms with van der Waals surface area (Å²) in [6.45, 7) is 4.50. The van der Waals surface area contributed by atoms with Gasteiger partial charge >= 0.3 is 6.03 Å². The molecule has 0 saturated carbocycles. The first kappa shape index (κ1) is 11.7. The minimum absolute atomic E-state index is 0.195. The number of amides is 2. The number of hydrogen-bond donors (Lipinski definition) is 1. The van der Waals surface area contributed by atoms with Gasteiger partial charge in [-0.3, -0.25) is 0 Å². The first-order valence-corrected chi connectivity index (χ1v) is 6.42. The summed E-state index contributed by atoms with van der Waals surface area (Å²) in [4.78, 5) is 16.1. The monoisotopic (exact) mass is 226 g/mol. The zero-order valence-electron chi connectivity index (χ0n) is 10.1. The van der Waals surface area contributed by atoms with Crippen molar-refractivity contribution in [2.45, 2.75) is 51.2 Å². The van der Waals surface area contributed by atoms with Crippen molar-refractivity contribution >= 4 is 6.03 Å². The summed E-state index contributed by atoms with van der Waals surface area (Å²) in [6.07, 6.45) is 4.82. The van der Waals surface area contributed by atoms with Crippen LogP contribution in [0.25, 0.3) is 0 Å². The van der Waals surface area contributed by atoms with Gasteiger partial charge in [0, 0.05) is 25.7 Å². The third kappa shape index (κ3) is 2.48. The molecule has 0 radical (unpaired) electrons. The Bertz CT molecular complexity index is 249. The van der Waals surface area contributed by atoms with Crippen LogP contribution in [0.1, 0.15) is 39.0 Å². The molecule has 2 aliphatic rings. The quantitative estimate of drug-likeness (QED) is 0.774. The predicted octanol–water partition coefficient (Wildman–Crippen LogP) is 1.44. The van der Waals surface area contributed by atoms with Crippen LogP contribution in [0, 0.1) is 0 Å². The third-order valence-corrected chi connectivity index (χ3v) is 3.61. The van der Waals surface area contributed by atoms with E-state index in [0.717, 1.165) is 51.7 Å². The molecule has 4 nitrogen and oxygen atoms in total. The lowest BCUT2D eigenvalue weighted by Crippen LogP contribution is -2.45. The van der Waals surface area contributed by atoms with Crippen molar-refractivity contribution in [1.29, 1.82) is 0 Å². The SMILES string of the molecule is CC(O)CC1CCCN1C(=O)N1CCCC1. The molecule has 2 unspecified atom stereocenters. The Kier molecular flexibility index (Phi) is 3.69. The summed E-state index contributed by atoms with van der Waals surface area (Å²) in [5.74, 6) is 0. The lowest BCUT2D eigenvalue weighted by atomic mass is 10.1. The normalized spacial score (nSPS) is 27.5. The van der Waals surface area contributed by atoms with Crippen molar-refractivity contribution in [2.24, 2.45) is 0 Å². The molecule has 2 atom stereocenters. The number of nitrogens with zero attached hydrogens (tertiary/aromatic N) is 2. The van der Waals surface area contributed by atoms with E-state index in [2.05, 4.69) is 0 Å². The number of carbonyl (C=O) groups is 1. The number of urea groups is 1. The summed E-state index contributed by atoms with van der Waals surface area (Å²) >= 11 is 0. The van der Waals surface area contributed by atoms with Crippen LogP contribution in [0.4, 0.5) is 4.79 Å². The molecule has 0 aromatic heterocycles. The van der Waals surface area contributed by atoms with Gasteiger partial charge < -0.3 is 14.9 Å². The molecule has 2 amide bonds.